The molecule has 1 fully saturated rings. The maximum Gasteiger partial charge on any atom is 0.391 e. The average molecular weight is 582 g/mol. The molecule has 224 valence electrons. The number of anilines is 1. The summed E-state index contributed by atoms with van der Waals surface area (Å²) >= 11 is 0. The van der Waals surface area contributed by atoms with E-state index in [0.29, 0.717) is 11.3 Å². The number of hydrogen-bond acceptors (Lipinski definition) is 9. The van der Waals surface area contributed by atoms with Crippen LogP contribution in [0.5, 0.6) is 5.75 Å². The lowest BCUT2D eigenvalue weighted by Gasteiger charge is -2.50. The van der Waals surface area contributed by atoms with E-state index >= 15 is 0 Å². The molecule has 3 aliphatic rings. The Morgan fingerprint density at radius 1 is 1.17 bits per heavy atom. The number of aryl methyl sites for hydroxylation is 1. The van der Waals surface area contributed by atoms with Crippen LogP contribution in [-0.4, -0.2) is 88.8 Å². The number of hydrogen-bond donors (Lipinski definition) is 5. The molecule has 4 rings (SSSR count). The van der Waals surface area contributed by atoms with E-state index in [2.05, 4.69) is 0 Å². The van der Waals surface area contributed by atoms with Gasteiger partial charge in [0.05, 0.1) is 17.5 Å². The molecule has 0 aromatic heterocycles. The van der Waals surface area contributed by atoms with Crippen molar-refractivity contribution in [3.63, 3.8) is 0 Å². The zero-order valence-electron chi connectivity index (χ0n) is 23.3. The second-order valence-corrected chi connectivity index (χ2v) is 11.6. The molecule has 1 aromatic carbocycles. The van der Waals surface area contributed by atoms with Crippen molar-refractivity contribution in [3.05, 3.63) is 39.7 Å². The fraction of sp³-hybridized carbons (Fsp3) is 0.536. The molecule has 10 nitrogen and oxygen atoms in total. The molecule has 1 saturated carbocycles. The SMILES string of the molecule is CC(CCc1cc(N(C)C)c2c(c1O)C(O)=C1C(=O)C3(O)C(O)=C(C(N)=O)C(=O)C(N(C)C)C3CC1C2)C(F)(F)F. The van der Waals surface area contributed by atoms with Gasteiger partial charge in [0.2, 0.25) is 5.78 Å². The number of nitrogens with two attached hydrogens (primary N) is 1. The van der Waals surface area contributed by atoms with Gasteiger partial charge in [-0.2, -0.15) is 13.2 Å². The van der Waals surface area contributed by atoms with Gasteiger partial charge in [-0.05, 0) is 62.9 Å². The molecule has 0 bridgehead atoms. The molecule has 6 N–H and O–H groups in total. The number of ketones is 2. The molecule has 0 spiro atoms. The molecule has 1 amide bonds. The van der Waals surface area contributed by atoms with Crippen LogP contribution in [0, 0.1) is 17.8 Å². The first-order valence-electron chi connectivity index (χ1n) is 13.1. The Labute approximate surface area is 234 Å². The number of aliphatic hydroxyl groups excluding tert-OH is 2. The summed E-state index contributed by atoms with van der Waals surface area (Å²) in [5, 5.41) is 45.3. The van der Waals surface area contributed by atoms with Crippen LogP contribution in [0.4, 0.5) is 18.9 Å². The Bertz CT molecular complexity index is 1400. The minimum atomic E-state index is -4.43. The lowest BCUT2D eigenvalue weighted by Crippen LogP contribution is -2.65. The van der Waals surface area contributed by atoms with Gasteiger partial charge in [-0.15, -0.1) is 0 Å². The van der Waals surface area contributed by atoms with E-state index in [1.807, 2.05) is 0 Å². The van der Waals surface area contributed by atoms with Gasteiger partial charge < -0.3 is 31.1 Å². The number of benzene rings is 1. The number of aromatic hydroxyl groups is 1. The van der Waals surface area contributed by atoms with E-state index < -0.39 is 75.9 Å². The molecule has 5 atom stereocenters. The van der Waals surface area contributed by atoms with Crippen LogP contribution in [0.3, 0.4) is 0 Å². The molecular formula is C28H34F3N3O7. The van der Waals surface area contributed by atoms with E-state index in [4.69, 9.17) is 5.73 Å². The van der Waals surface area contributed by atoms with E-state index in [9.17, 15) is 48.0 Å². The summed E-state index contributed by atoms with van der Waals surface area (Å²) in [5.74, 6) is -9.33. The second kappa shape index (κ2) is 10.1. The van der Waals surface area contributed by atoms with E-state index in [1.165, 1.54) is 19.0 Å². The number of fused-ring (bicyclic) bond motifs is 3. The fourth-order valence-corrected chi connectivity index (χ4v) is 6.47. The minimum Gasteiger partial charge on any atom is -0.508 e. The topological polar surface area (TPSA) is 165 Å². The molecular weight excluding hydrogens is 547 g/mol. The molecule has 0 saturated heterocycles. The van der Waals surface area contributed by atoms with Gasteiger partial charge in [-0.25, -0.2) is 0 Å². The molecule has 13 heteroatoms. The van der Waals surface area contributed by atoms with Gasteiger partial charge in [0, 0.05) is 31.3 Å². The van der Waals surface area contributed by atoms with Gasteiger partial charge in [-0.3, -0.25) is 19.3 Å². The molecule has 0 aliphatic heterocycles. The number of carbonyl (C=O) groups excluding carboxylic acids is 3. The Balaban J connectivity index is 1.92. The molecule has 5 unspecified atom stereocenters. The zero-order valence-corrected chi connectivity index (χ0v) is 23.3. The smallest absolute Gasteiger partial charge is 0.391 e. The summed E-state index contributed by atoms with van der Waals surface area (Å²) in [6, 6.07) is 0.351. The maximum absolute atomic E-state index is 14.0. The molecule has 41 heavy (non-hydrogen) atoms. The van der Waals surface area contributed by atoms with Crippen LogP contribution >= 0.6 is 0 Å². The number of amides is 1. The summed E-state index contributed by atoms with van der Waals surface area (Å²) in [4.78, 5) is 42.4. The van der Waals surface area contributed by atoms with Gasteiger partial charge in [0.1, 0.15) is 22.8 Å². The first-order chi connectivity index (χ1) is 18.8. The van der Waals surface area contributed by atoms with Crippen molar-refractivity contribution < 1.29 is 48.0 Å². The highest BCUT2D eigenvalue weighted by molar-refractivity contribution is 6.24. The van der Waals surface area contributed by atoms with Crippen molar-refractivity contribution in [1.29, 1.82) is 0 Å². The minimum absolute atomic E-state index is 0.0652. The van der Waals surface area contributed by atoms with Crippen molar-refractivity contribution >= 4 is 28.9 Å². The van der Waals surface area contributed by atoms with Crippen LogP contribution in [0.25, 0.3) is 5.76 Å². The van der Waals surface area contributed by atoms with Crippen molar-refractivity contribution in [2.24, 2.45) is 23.5 Å². The Morgan fingerprint density at radius 2 is 1.78 bits per heavy atom. The molecule has 3 aliphatic carbocycles. The van der Waals surface area contributed by atoms with Crippen LogP contribution < -0.4 is 10.6 Å². The zero-order chi connectivity index (χ0) is 30.9. The first-order valence-corrected chi connectivity index (χ1v) is 13.1. The number of carbonyl (C=O) groups is 3. The molecule has 0 radical (unpaired) electrons. The van der Waals surface area contributed by atoms with Crippen molar-refractivity contribution in [2.45, 2.75) is 50.4 Å². The maximum atomic E-state index is 14.0. The number of Topliss-reactive ketones (excluding diaryl/α,β-unsaturated/α-hetero) is 2. The highest BCUT2D eigenvalue weighted by Gasteiger charge is 2.64. The highest BCUT2D eigenvalue weighted by atomic mass is 19.4. The number of nitrogens with zero attached hydrogens (tertiary/aromatic N) is 2. The summed E-state index contributed by atoms with van der Waals surface area (Å²) < 4.78 is 39.5. The Kier molecular flexibility index (Phi) is 7.45. The third-order valence-electron chi connectivity index (χ3n) is 8.66. The summed E-state index contributed by atoms with van der Waals surface area (Å²) in [6.07, 6.45) is -4.93. The monoisotopic (exact) mass is 581 g/mol. The number of phenolic OH excluding ortho intramolecular Hbond substituents is 1. The van der Waals surface area contributed by atoms with Crippen LogP contribution in [-0.2, 0) is 27.2 Å². The third kappa shape index (κ3) is 4.55. The van der Waals surface area contributed by atoms with Crippen molar-refractivity contribution in [3.8, 4) is 5.75 Å². The van der Waals surface area contributed by atoms with Gasteiger partial charge >= 0.3 is 6.18 Å². The number of phenols is 1. The highest BCUT2D eigenvalue weighted by Crippen LogP contribution is 2.54. The van der Waals surface area contributed by atoms with Gasteiger partial charge in [0.15, 0.2) is 11.4 Å². The lowest BCUT2D eigenvalue weighted by molar-refractivity contribution is -0.171. The first kappa shape index (κ1) is 30.4. The van der Waals surface area contributed by atoms with Gasteiger partial charge in [0.25, 0.3) is 5.91 Å². The number of halogens is 3. The fourth-order valence-electron chi connectivity index (χ4n) is 6.47. The Hall–Kier alpha value is -3.58. The molecule has 0 heterocycles. The lowest BCUT2D eigenvalue weighted by atomic mass is 9.57. The number of rotatable bonds is 6. The second-order valence-electron chi connectivity index (χ2n) is 11.6. The number of alkyl halides is 3. The third-order valence-corrected chi connectivity index (χ3v) is 8.66. The van der Waals surface area contributed by atoms with Crippen LogP contribution in [0.15, 0.2) is 23.0 Å². The van der Waals surface area contributed by atoms with E-state index in [-0.39, 0.29) is 42.4 Å². The quantitative estimate of drug-likeness (QED) is 0.317. The van der Waals surface area contributed by atoms with Crippen LogP contribution in [0.2, 0.25) is 0 Å². The predicted molar refractivity (Wildman–Crippen MR) is 142 cm³/mol. The van der Waals surface area contributed by atoms with Gasteiger partial charge in [-0.1, -0.05) is 6.92 Å². The number of primary amides is 1. The van der Waals surface area contributed by atoms with Crippen LogP contribution in [0.1, 0.15) is 36.5 Å². The largest absolute Gasteiger partial charge is 0.508 e. The normalized spacial score (nSPS) is 27.0. The van der Waals surface area contributed by atoms with Crippen molar-refractivity contribution in [1.82, 2.24) is 4.90 Å². The summed E-state index contributed by atoms with van der Waals surface area (Å²) in [5.41, 5.74) is 2.24. The summed E-state index contributed by atoms with van der Waals surface area (Å²) in [6.45, 7) is 1.03. The number of aliphatic hydroxyl groups is 3. The predicted octanol–water partition coefficient (Wildman–Crippen LogP) is 2.16. The standard InChI is InChI=1S/C28H34F3N3O7/c1-11(28(29,30)31)6-7-12-10-16(33(2)3)14-8-13-9-15-20(34(4)5)23(37)19(26(32)40)25(39)27(15,41)24(38)17(13)22(36)18(14)21(12)35/h10-11,13,15,20,35-36,39,41H,6-9H2,1-5H3,(H2,32,40). The van der Waals surface area contributed by atoms with Crippen molar-refractivity contribution in [2.75, 3.05) is 33.1 Å². The van der Waals surface area contributed by atoms with E-state index in [1.54, 1.807) is 25.1 Å². The van der Waals surface area contributed by atoms with E-state index in [0.717, 1.165) is 6.92 Å². The molecule has 1 aromatic rings. The summed E-state index contributed by atoms with van der Waals surface area (Å²) in [7, 11) is 6.39. The average Bonchev–Trinajstić information content (AvgIpc) is 2.84. The Morgan fingerprint density at radius 3 is 2.29 bits per heavy atom. The number of likely N-dealkylation sites (N-methyl/N-ethyl adjacent to an activating group) is 1.